The average molecular weight is 1290 g/mol. The minimum Gasteiger partial charge on any atom is -0.491 e. The first-order valence-electron chi connectivity index (χ1n) is 34.2. The number of carbonyl (C=O) groups excluding carboxylic acids is 2. The van der Waals surface area contributed by atoms with Crippen LogP contribution in [-0.4, -0.2) is 241 Å². The van der Waals surface area contributed by atoms with E-state index >= 15 is 9.59 Å². The SMILES string of the molecule is O=C1N2Cc3c4ccc5c3CN3C(=O)N6Cc7c(ccc(c7CN1C6C23)OCCOCCN(CCCCN(CCc1ccccn1)CCc1ccccn1)CCOCCO4)OCCOCCN(CCCCN(CCc1ccccn1)CCc1ccccn1)CCOCCO5. The Bertz CT molecular complexity index is 2880. The van der Waals surface area contributed by atoms with Gasteiger partial charge in [-0.05, 0) is 125 Å². The van der Waals surface area contributed by atoms with E-state index in [1.54, 1.807) is 0 Å². The van der Waals surface area contributed by atoms with Gasteiger partial charge in [0.1, 0.15) is 49.4 Å². The van der Waals surface area contributed by atoms with Gasteiger partial charge in [-0.25, -0.2) is 9.59 Å². The van der Waals surface area contributed by atoms with E-state index in [4.69, 9.17) is 37.9 Å². The third kappa shape index (κ3) is 18.1. The van der Waals surface area contributed by atoms with E-state index < -0.39 is 12.3 Å². The highest BCUT2D eigenvalue weighted by molar-refractivity contribution is 5.86. The van der Waals surface area contributed by atoms with E-state index in [-0.39, 0.29) is 38.2 Å². The number of hydrogen-bond acceptors (Lipinski definition) is 18. The average Bonchev–Trinajstić information content (AvgIpc) is 1.55. The van der Waals surface area contributed by atoms with E-state index in [1.165, 1.54) is 0 Å². The summed E-state index contributed by atoms with van der Waals surface area (Å²) in [4.78, 5) is 65.9. The summed E-state index contributed by atoms with van der Waals surface area (Å²) in [5, 5.41) is 0. The van der Waals surface area contributed by atoms with Gasteiger partial charge >= 0.3 is 12.1 Å². The predicted molar refractivity (Wildman–Crippen MR) is 355 cm³/mol. The molecule has 0 aliphatic carbocycles. The van der Waals surface area contributed by atoms with Gasteiger partial charge < -0.3 is 47.7 Å². The van der Waals surface area contributed by atoms with Crippen molar-refractivity contribution >= 4 is 12.1 Å². The maximum Gasteiger partial charge on any atom is 0.324 e. The molecule has 6 aliphatic heterocycles. The van der Waals surface area contributed by atoms with E-state index in [0.717, 1.165) is 175 Å². The summed E-state index contributed by atoms with van der Waals surface area (Å²) in [6.07, 6.45) is 14.1. The summed E-state index contributed by atoms with van der Waals surface area (Å²) < 4.78 is 51.8. The van der Waals surface area contributed by atoms with Crippen LogP contribution in [0.25, 0.3) is 0 Å². The van der Waals surface area contributed by atoms with Crippen LogP contribution in [0.1, 0.15) is 70.7 Å². The third-order valence-electron chi connectivity index (χ3n) is 18.7. The van der Waals surface area contributed by atoms with Crippen LogP contribution in [0.3, 0.4) is 0 Å². The smallest absolute Gasteiger partial charge is 0.324 e. The van der Waals surface area contributed by atoms with E-state index in [9.17, 15) is 0 Å². The van der Waals surface area contributed by atoms with Gasteiger partial charge in [0.15, 0.2) is 12.3 Å². The monoisotopic (exact) mass is 1290 g/mol. The molecule has 2 aromatic carbocycles. The summed E-state index contributed by atoms with van der Waals surface area (Å²) in [7, 11) is 0. The highest BCUT2D eigenvalue weighted by atomic mass is 16.5. The maximum atomic E-state index is 15.1. The lowest BCUT2D eigenvalue weighted by atomic mass is 10.0. The summed E-state index contributed by atoms with van der Waals surface area (Å²) in [5.74, 6) is 2.53. The Morgan fingerprint density at radius 3 is 0.894 bits per heavy atom. The number of ether oxygens (including phenoxy) is 8. The van der Waals surface area contributed by atoms with Gasteiger partial charge in [-0.1, -0.05) is 24.3 Å². The van der Waals surface area contributed by atoms with E-state index in [2.05, 4.69) is 88.1 Å². The van der Waals surface area contributed by atoms with E-state index in [1.807, 2.05) is 92.9 Å². The second kappa shape index (κ2) is 34.7. The molecular formula is C72H94N12O10. The Morgan fingerprint density at radius 2 is 0.628 bits per heavy atom. The lowest BCUT2D eigenvalue weighted by Gasteiger charge is -2.26. The molecule has 4 aromatic heterocycles. The number of nitrogens with zero attached hydrogens (tertiary/aromatic N) is 12. The molecule has 0 N–H and O–H groups in total. The Balaban J connectivity index is 0.727. The Kier molecular flexibility index (Phi) is 24.6. The molecule has 12 rings (SSSR count). The molecule has 10 heterocycles. The second-order valence-corrected chi connectivity index (χ2v) is 24.9. The van der Waals surface area contributed by atoms with Crippen LogP contribution in [0, 0.1) is 0 Å². The lowest BCUT2D eigenvalue weighted by Crippen LogP contribution is -2.43. The number of unbranched alkanes of at least 4 members (excludes halogenated alkanes) is 2. The van der Waals surface area contributed by atoms with Crippen molar-refractivity contribution in [1.82, 2.24) is 59.1 Å². The number of aromatic nitrogens is 4. The van der Waals surface area contributed by atoms with Crippen molar-refractivity contribution in [2.75, 3.05) is 158 Å². The van der Waals surface area contributed by atoms with Gasteiger partial charge in [-0.15, -0.1) is 0 Å². The molecule has 0 spiro atoms. The standard InChI is InChI=1S/C72H94N12O10/c85-71-81-53-61-63-55-83-69(81)70-82(71)54-62-64(56-84(70)72(83)86)68-20-18-66(62)92-50-46-88-42-38-79(31-11-9-29-77(33-21-57-13-1-5-25-73-57)34-22-58-14-2-6-26-74-58)37-41-87-45-49-91-65(61)17-19-67(63)93-51-47-89-43-39-80(40-44-90-48-52-94-68)32-12-10-30-78(35-23-59-15-3-7-27-75-59)36-24-60-16-4-8-28-76-60/h1-8,13-20,25-28,69-70H,9-12,21-24,29-56H2. The van der Waals surface area contributed by atoms with Gasteiger partial charge in [0, 0.05) is 148 Å². The Hall–Kier alpha value is -7.54. The normalized spacial score (nSPS) is 19.6. The fraction of sp³-hybridized carbons (Fsp3) is 0.528. The van der Waals surface area contributed by atoms with Crippen molar-refractivity contribution in [2.45, 2.75) is 89.9 Å². The molecule has 22 heteroatoms. The lowest BCUT2D eigenvalue weighted by molar-refractivity contribution is 0.0538. The predicted octanol–water partition coefficient (Wildman–Crippen LogP) is 7.47. The fourth-order valence-corrected chi connectivity index (χ4v) is 13.6. The van der Waals surface area contributed by atoms with E-state index in [0.29, 0.717) is 102 Å². The molecule has 0 atom stereocenters. The fourth-order valence-electron chi connectivity index (χ4n) is 13.6. The Morgan fingerprint density at radius 1 is 0.340 bits per heavy atom. The molecule has 2 saturated heterocycles. The summed E-state index contributed by atoms with van der Waals surface area (Å²) in [6, 6.07) is 31.9. The van der Waals surface area contributed by atoms with Gasteiger partial charge in [-0.3, -0.25) is 49.3 Å². The highest BCUT2D eigenvalue weighted by Crippen LogP contribution is 2.48. The molecule has 94 heavy (non-hydrogen) atoms. The zero-order valence-electron chi connectivity index (χ0n) is 54.6. The van der Waals surface area contributed by atoms with Crippen LogP contribution in [0.15, 0.2) is 122 Å². The van der Waals surface area contributed by atoms with Crippen LogP contribution in [-0.2, 0) is 70.8 Å². The first kappa shape index (κ1) is 66.5. The second-order valence-electron chi connectivity index (χ2n) is 24.9. The number of benzene rings is 2. The molecule has 2 fully saturated rings. The van der Waals surface area contributed by atoms with Crippen molar-refractivity contribution in [3.63, 3.8) is 0 Å². The summed E-state index contributed by atoms with van der Waals surface area (Å²) in [6.45, 7) is 16.0. The number of amides is 4. The number of pyridine rings is 4. The van der Waals surface area contributed by atoms with Crippen molar-refractivity contribution in [3.05, 3.63) is 167 Å². The summed E-state index contributed by atoms with van der Waals surface area (Å²) in [5.41, 5.74) is 7.68. The van der Waals surface area contributed by atoms with Crippen molar-refractivity contribution < 1.29 is 47.5 Å². The number of hydrogen-bond donors (Lipinski definition) is 0. The van der Waals surface area contributed by atoms with Crippen LogP contribution < -0.4 is 18.9 Å². The van der Waals surface area contributed by atoms with Crippen LogP contribution in [0.5, 0.6) is 23.0 Å². The maximum absolute atomic E-state index is 15.1. The van der Waals surface area contributed by atoms with Gasteiger partial charge in [0.25, 0.3) is 0 Å². The van der Waals surface area contributed by atoms with Crippen LogP contribution in [0.4, 0.5) is 9.59 Å². The van der Waals surface area contributed by atoms with Crippen molar-refractivity contribution in [1.29, 1.82) is 0 Å². The minimum absolute atomic E-state index is 0.176. The third-order valence-corrected chi connectivity index (χ3v) is 18.7. The molecule has 6 aliphatic rings. The first-order chi connectivity index (χ1) is 46.5. The zero-order chi connectivity index (χ0) is 63.9. The molecule has 4 amide bonds. The highest BCUT2D eigenvalue weighted by Gasteiger charge is 2.61. The minimum atomic E-state index is -0.569. The first-order valence-corrected chi connectivity index (χ1v) is 34.2. The molecular weight excluding hydrogens is 1190 g/mol. The summed E-state index contributed by atoms with van der Waals surface area (Å²) >= 11 is 0. The number of urea groups is 2. The number of rotatable bonds is 22. The molecule has 8 bridgehead atoms. The molecule has 6 aromatic rings. The molecule has 502 valence electrons. The largest absolute Gasteiger partial charge is 0.491 e. The quantitative estimate of drug-likeness (QED) is 0.0609. The van der Waals surface area contributed by atoms with Crippen molar-refractivity contribution in [2.24, 2.45) is 0 Å². The van der Waals surface area contributed by atoms with Gasteiger partial charge in [0.05, 0.1) is 79.0 Å². The number of carbonyl (C=O) groups is 2. The molecule has 0 unspecified atom stereocenters. The molecule has 0 saturated carbocycles. The molecule has 0 radical (unpaired) electrons. The topological polar surface area (TPSA) is 185 Å². The molecule has 22 nitrogen and oxygen atoms in total. The van der Waals surface area contributed by atoms with Gasteiger partial charge in [0.2, 0.25) is 0 Å². The van der Waals surface area contributed by atoms with Crippen molar-refractivity contribution in [3.8, 4) is 23.0 Å². The van der Waals surface area contributed by atoms with Crippen LogP contribution >= 0.6 is 0 Å². The Labute approximate surface area is 553 Å². The zero-order valence-corrected chi connectivity index (χ0v) is 54.6. The van der Waals surface area contributed by atoms with Crippen LogP contribution in [0.2, 0.25) is 0 Å². The van der Waals surface area contributed by atoms with Gasteiger partial charge in [-0.2, -0.15) is 0 Å².